The smallest absolute Gasteiger partial charge is 0.0624 e. The molecule has 0 saturated carbocycles. The second-order valence-electron chi connectivity index (χ2n) is 2.43. The zero-order valence-electron chi connectivity index (χ0n) is 6.30. The Morgan fingerprint density at radius 1 is 1.58 bits per heavy atom. The Balaban J connectivity index is 3.07. The summed E-state index contributed by atoms with van der Waals surface area (Å²) in [6.07, 6.45) is 0. The number of aliphatic hydroxyl groups is 1. The molecule has 0 aliphatic rings. The van der Waals surface area contributed by atoms with Crippen LogP contribution in [0, 0.1) is 3.57 Å². The summed E-state index contributed by atoms with van der Waals surface area (Å²) in [5.41, 5.74) is 6.54. The lowest BCUT2D eigenvalue weighted by Gasteiger charge is -2.11. The van der Waals surface area contributed by atoms with E-state index in [1.807, 2.05) is 12.1 Å². The van der Waals surface area contributed by atoms with Crippen LogP contribution in [0.15, 0.2) is 18.2 Å². The molecule has 66 valence electrons. The van der Waals surface area contributed by atoms with E-state index < -0.39 is 0 Å². The Labute approximate surface area is 89.9 Å². The van der Waals surface area contributed by atoms with Crippen molar-refractivity contribution >= 4 is 34.2 Å². The minimum Gasteiger partial charge on any atom is -0.394 e. The Morgan fingerprint density at radius 2 is 2.25 bits per heavy atom. The van der Waals surface area contributed by atoms with Crippen LogP contribution in [0.4, 0.5) is 0 Å². The van der Waals surface area contributed by atoms with Crippen LogP contribution < -0.4 is 5.73 Å². The van der Waals surface area contributed by atoms with Gasteiger partial charge in [-0.1, -0.05) is 23.7 Å². The molecule has 0 unspecified atom stereocenters. The number of benzene rings is 1. The SMILES string of the molecule is N[C@@H](CO)c1cccc(Cl)c1I. The molecule has 1 rings (SSSR count). The number of halogens is 2. The Bertz CT molecular complexity index is 280. The van der Waals surface area contributed by atoms with Crippen LogP contribution in [0.1, 0.15) is 11.6 Å². The van der Waals surface area contributed by atoms with Gasteiger partial charge in [-0.25, -0.2) is 0 Å². The molecule has 0 radical (unpaired) electrons. The molecule has 0 aromatic heterocycles. The minimum atomic E-state index is -0.337. The van der Waals surface area contributed by atoms with Crippen LogP contribution in [0.25, 0.3) is 0 Å². The Kier molecular flexibility index (Phi) is 3.77. The van der Waals surface area contributed by atoms with Crippen molar-refractivity contribution in [2.75, 3.05) is 6.61 Å². The zero-order chi connectivity index (χ0) is 9.14. The van der Waals surface area contributed by atoms with E-state index in [0.717, 1.165) is 9.13 Å². The second-order valence-corrected chi connectivity index (χ2v) is 3.92. The van der Waals surface area contributed by atoms with E-state index in [0.29, 0.717) is 5.02 Å². The third kappa shape index (κ3) is 2.10. The molecule has 0 spiro atoms. The lowest BCUT2D eigenvalue weighted by atomic mass is 10.1. The van der Waals surface area contributed by atoms with Gasteiger partial charge in [-0.05, 0) is 34.2 Å². The molecule has 4 heteroatoms. The summed E-state index contributed by atoms with van der Waals surface area (Å²) in [6, 6.07) is 5.16. The molecule has 0 aliphatic heterocycles. The number of nitrogens with two attached hydrogens (primary N) is 1. The van der Waals surface area contributed by atoms with Gasteiger partial charge >= 0.3 is 0 Å². The molecular formula is C8H9ClINO. The zero-order valence-corrected chi connectivity index (χ0v) is 9.21. The quantitative estimate of drug-likeness (QED) is 0.820. The predicted molar refractivity (Wildman–Crippen MR) is 58.2 cm³/mol. The van der Waals surface area contributed by atoms with E-state index in [4.69, 9.17) is 22.4 Å². The van der Waals surface area contributed by atoms with Crippen molar-refractivity contribution in [3.63, 3.8) is 0 Å². The van der Waals surface area contributed by atoms with Crippen LogP contribution in [-0.4, -0.2) is 11.7 Å². The van der Waals surface area contributed by atoms with Gasteiger partial charge in [0, 0.05) is 3.57 Å². The summed E-state index contributed by atoms with van der Waals surface area (Å²) in [5.74, 6) is 0. The molecule has 0 bridgehead atoms. The highest BCUT2D eigenvalue weighted by Gasteiger charge is 2.09. The maximum absolute atomic E-state index is 8.83. The lowest BCUT2D eigenvalue weighted by molar-refractivity contribution is 0.267. The van der Waals surface area contributed by atoms with Crippen molar-refractivity contribution < 1.29 is 5.11 Å². The van der Waals surface area contributed by atoms with Crippen molar-refractivity contribution in [3.8, 4) is 0 Å². The average Bonchev–Trinajstić information content (AvgIpc) is 2.08. The van der Waals surface area contributed by atoms with Crippen molar-refractivity contribution in [2.45, 2.75) is 6.04 Å². The van der Waals surface area contributed by atoms with Gasteiger partial charge in [-0.3, -0.25) is 0 Å². The van der Waals surface area contributed by atoms with Gasteiger partial charge in [0.2, 0.25) is 0 Å². The van der Waals surface area contributed by atoms with Gasteiger partial charge in [0.1, 0.15) is 0 Å². The van der Waals surface area contributed by atoms with Crippen LogP contribution in [0.5, 0.6) is 0 Å². The average molecular weight is 298 g/mol. The molecule has 12 heavy (non-hydrogen) atoms. The third-order valence-electron chi connectivity index (χ3n) is 1.58. The fourth-order valence-electron chi connectivity index (χ4n) is 0.905. The number of rotatable bonds is 2. The summed E-state index contributed by atoms with van der Waals surface area (Å²) >= 11 is 7.99. The minimum absolute atomic E-state index is 0.0592. The van der Waals surface area contributed by atoms with Gasteiger partial charge in [-0.2, -0.15) is 0 Å². The first-order valence-electron chi connectivity index (χ1n) is 3.47. The topological polar surface area (TPSA) is 46.2 Å². The van der Waals surface area contributed by atoms with Crippen LogP contribution >= 0.6 is 34.2 Å². The van der Waals surface area contributed by atoms with E-state index in [2.05, 4.69) is 22.6 Å². The molecule has 1 aromatic carbocycles. The first-order valence-corrected chi connectivity index (χ1v) is 4.93. The summed E-state index contributed by atoms with van der Waals surface area (Å²) in [6.45, 7) is -0.0592. The van der Waals surface area contributed by atoms with Gasteiger partial charge in [0.25, 0.3) is 0 Å². The van der Waals surface area contributed by atoms with E-state index in [-0.39, 0.29) is 12.6 Å². The second kappa shape index (κ2) is 4.41. The monoisotopic (exact) mass is 297 g/mol. The number of aliphatic hydroxyl groups excluding tert-OH is 1. The largest absolute Gasteiger partial charge is 0.394 e. The van der Waals surface area contributed by atoms with Crippen LogP contribution in [0.3, 0.4) is 0 Å². The molecule has 0 heterocycles. The maximum Gasteiger partial charge on any atom is 0.0624 e. The van der Waals surface area contributed by atoms with Crippen molar-refractivity contribution in [1.29, 1.82) is 0 Å². The van der Waals surface area contributed by atoms with Gasteiger partial charge in [-0.15, -0.1) is 0 Å². The highest BCUT2D eigenvalue weighted by molar-refractivity contribution is 14.1. The van der Waals surface area contributed by atoms with E-state index in [1.54, 1.807) is 6.07 Å². The summed E-state index contributed by atoms with van der Waals surface area (Å²) in [5, 5.41) is 9.51. The molecule has 0 saturated heterocycles. The first kappa shape index (κ1) is 10.2. The van der Waals surface area contributed by atoms with Crippen molar-refractivity contribution in [2.24, 2.45) is 5.73 Å². The predicted octanol–water partition coefficient (Wildman–Crippen LogP) is 1.94. The highest BCUT2D eigenvalue weighted by atomic mass is 127. The van der Waals surface area contributed by atoms with Crippen molar-refractivity contribution in [3.05, 3.63) is 32.4 Å². The van der Waals surface area contributed by atoms with E-state index in [1.165, 1.54) is 0 Å². The molecule has 3 N–H and O–H groups in total. The number of hydrogen-bond acceptors (Lipinski definition) is 2. The van der Waals surface area contributed by atoms with Crippen LogP contribution in [0.2, 0.25) is 5.02 Å². The van der Waals surface area contributed by atoms with Gasteiger partial charge in [0.05, 0.1) is 17.7 Å². The van der Waals surface area contributed by atoms with Crippen LogP contribution in [-0.2, 0) is 0 Å². The Morgan fingerprint density at radius 3 is 2.83 bits per heavy atom. The fourth-order valence-corrected chi connectivity index (χ4v) is 1.85. The summed E-state index contributed by atoms with van der Waals surface area (Å²) in [4.78, 5) is 0. The molecule has 0 amide bonds. The standard InChI is InChI=1S/C8H9ClINO/c9-6-3-1-2-5(8(6)10)7(11)4-12/h1-3,7,12H,4,11H2/t7-/m0/s1. The molecular weight excluding hydrogens is 288 g/mol. The van der Waals surface area contributed by atoms with Gasteiger partial charge in [0.15, 0.2) is 0 Å². The lowest BCUT2D eigenvalue weighted by Crippen LogP contribution is -2.15. The first-order chi connectivity index (χ1) is 5.66. The highest BCUT2D eigenvalue weighted by Crippen LogP contribution is 2.25. The molecule has 0 aliphatic carbocycles. The maximum atomic E-state index is 8.83. The normalized spacial score (nSPS) is 13.0. The molecule has 2 nitrogen and oxygen atoms in total. The molecule has 0 fully saturated rings. The number of hydrogen-bond donors (Lipinski definition) is 2. The van der Waals surface area contributed by atoms with E-state index in [9.17, 15) is 0 Å². The van der Waals surface area contributed by atoms with Crippen molar-refractivity contribution in [1.82, 2.24) is 0 Å². The van der Waals surface area contributed by atoms with Gasteiger partial charge < -0.3 is 10.8 Å². The third-order valence-corrected chi connectivity index (χ3v) is 3.42. The summed E-state index contributed by atoms with van der Waals surface area (Å²) < 4.78 is 0.915. The molecule has 1 aromatic rings. The molecule has 1 atom stereocenters. The fraction of sp³-hybridized carbons (Fsp3) is 0.250. The summed E-state index contributed by atoms with van der Waals surface area (Å²) in [7, 11) is 0. The Hall–Kier alpha value is 0.160. The van der Waals surface area contributed by atoms with E-state index >= 15 is 0 Å².